The maximum absolute atomic E-state index is 12.8. The first kappa shape index (κ1) is 20.3. The van der Waals surface area contributed by atoms with E-state index >= 15 is 0 Å². The number of carbonyl (C=O) groups excluding carboxylic acids is 3. The average Bonchev–Trinajstić information content (AvgIpc) is 3.23. The minimum Gasteiger partial charge on any atom is -0.467 e. The zero-order valence-electron chi connectivity index (χ0n) is 15.5. The molecule has 1 heterocycles. The predicted octanol–water partition coefficient (Wildman–Crippen LogP) is 1.95. The highest BCUT2D eigenvalue weighted by Gasteiger charge is 2.56. The molecule has 2 rings (SSSR count). The maximum Gasteiger partial charge on any atom is 0.407 e. The van der Waals surface area contributed by atoms with Gasteiger partial charge in [0.05, 0.1) is 14.2 Å². The topological polar surface area (TPSA) is 84.9 Å². The smallest absolute Gasteiger partial charge is 0.407 e. The molecule has 24 heavy (non-hydrogen) atoms. The van der Waals surface area contributed by atoms with Crippen LogP contribution in [0.1, 0.15) is 47.0 Å². The van der Waals surface area contributed by atoms with Crippen molar-refractivity contribution in [1.29, 1.82) is 0 Å². The van der Waals surface area contributed by atoms with Crippen LogP contribution in [0.5, 0.6) is 0 Å². The normalized spacial score (nSPS) is 21.6. The summed E-state index contributed by atoms with van der Waals surface area (Å²) < 4.78 is 9.41. The quantitative estimate of drug-likeness (QED) is 0.789. The molecule has 0 radical (unpaired) electrons. The summed E-state index contributed by atoms with van der Waals surface area (Å²) in [4.78, 5) is 37.9. The van der Waals surface area contributed by atoms with Gasteiger partial charge in [0.25, 0.3) is 0 Å². The van der Waals surface area contributed by atoms with Gasteiger partial charge in [0, 0.05) is 6.54 Å². The second kappa shape index (κ2) is 8.35. The molecule has 0 aromatic carbocycles. The molecule has 2 atom stereocenters. The van der Waals surface area contributed by atoms with E-state index in [2.05, 4.69) is 10.1 Å². The summed E-state index contributed by atoms with van der Waals surface area (Å²) in [6, 6.07) is -1.27. The van der Waals surface area contributed by atoms with Gasteiger partial charge in [-0.05, 0) is 30.6 Å². The number of likely N-dealkylation sites (tertiary alicyclic amines) is 1. The molecule has 0 aromatic rings. The van der Waals surface area contributed by atoms with E-state index in [1.807, 2.05) is 27.7 Å². The Morgan fingerprint density at radius 3 is 2.12 bits per heavy atom. The van der Waals surface area contributed by atoms with Crippen molar-refractivity contribution in [2.24, 2.45) is 11.3 Å². The zero-order chi connectivity index (χ0) is 18.5. The molecule has 0 bridgehead atoms. The van der Waals surface area contributed by atoms with E-state index in [0.717, 1.165) is 12.8 Å². The number of nitrogens with one attached hydrogen (secondary N) is 1. The SMILES string of the molecule is CC.COC(=O)NC(C(=O)N1CC2(CC2)C[C@H]1C(=O)OC)C(C)C. The lowest BCUT2D eigenvalue weighted by Crippen LogP contribution is -2.54. The minimum atomic E-state index is -0.714. The largest absolute Gasteiger partial charge is 0.467 e. The number of amides is 2. The molecule has 7 nitrogen and oxygen atoms in total. The van der Waals surface area contributed by atoms with Gasteiger partial charge in [0.15, 0.2) is 0 Å². The molecule has 1 N–H and O–H groups in total. The lowest BCUT2D eigenvalue weighted by molar-refractivity contribution is -0.151. The number of alkyl carbamates (subject to hydrolysis) is 1. The number of methoxy groups -OCH3 is 2. The van der Waals surface area contributed by atoms with Crippen molar-refractivity contribution in [2.45, 2.75) is 59.0 Å². The molecule has 1 aliphatic carbocycles. The van der Waals surface area contributed by atoms with Gasteiger partial charge in [0.1, 0.15) is 12.1 Å². The van der Waals surface area contributed by atoms with E-state index < -0.39 is 24.1 Å². The van der Waals surface area contributed by atoms with Crippen molar-refractivity contribution >= 4 is 18.0 Å². The number of ether oxygens (including phenoxy) is 2. The summed E-state index contributed by atoms with van der Waals surface area (Å²) in [5, 5.41) is 2.56. The van der Waals surface area contributed by atoms with E-state index in [1.165, 1.54) is 14.2 Å². The van der Waals surface area contributed by atoms with Crippen LogP contribution in [0.2, 0.25) is 0 Å². The number of carbonyl (C=O) groups is 3. The van der Waals surface area contributed by atoms with Gasteiger partial charge in [-0.15, -0.1) is 0 Å². The van der Waals surface area contributed by atoms with Crippen LogP contribution in [0.15, 0.2) is 0 Å². The summed E-state index contributed by atoms with van der Waals surface area (Å²) >= 11 is 0. The lowest BCUT2D eigenvalue weighted by atomic mass is 10.0. The highest BCUT2D eigenvalue weighted by atomic mass is 16.5. The second-order valence-corrected chi connectivity index (χ2v) is 6.57. The number of nitrogens with zero attached hydrogens (tertiary/aromatic N) is 1. The Labute approximate surface area is 144 Å². The molecule has 2 fully saturated rings. The van der Waals surface area contributed by atoms with Gasteiger partial charge in [0.2, 0.25) is 5.91 Å². The number of esters is 1. The molecule has 1 saturated carbocycles. The molecule has 1 unspecified atom stereocenters. The molecule has 138 valence electrons. The Hall–Kier alpha value is -1.79. The third-order valence-corrected chi connectivity index (χ3v) is 4.61. The monoisotopic (exact) mass is 342 g/mol. The first-order valence-electron chi connectivity index (χ1n) is 8.56. The molecule has 0 aromatic heterocycles. The van der Waals surface area contributed by atoms with Crippen molar-refractivity contribution < 1.29 is 23.9 Å². The van der Waals surface area contributed by atoms with Crippen molar-refractivity contribution in [3.63, 3.8) is 0 Å². The van der Waals surface area contributed by atoms with Crippen LogP contribution >= 0.6 is 0 Å². The molecule has 1 spiro atoms. The molecular weight excluding hydrogens is 312 g/mol. The van der Waals surface area contributed by atoms with E-state index in [9.17, 15) is 14.4 Å². The minimum absolute atomic E-state index is 0.0707. The molecular formula is C17H30N2O5. The first-order chi connectivity index (χ1) is 11.3. The van der Waals surface area contributed by atoms with Crippen LogP contribution in [-0.2, 0) is 19.1 Å². The van der Waals surface area contributed by atoms with E-state index in [0.29, 0.717) is 13.0 Å². The standard InChI is InChI=1S/C15H24N2O5.C2H6/c1-9(2)11(16-14(20)22-4)12(18)17-8-15(5-6-15)7-10(17)13(19)21-3;1-2/h9-11H,5-8H2,1-4H3,(H,16,20);1-2H3/t10-,11?;/m0./s1. The Bertz CT molecular complexity index is 474. The van der Waals surface area contributed by atoms with Crippen LogP contribution in [-0.4, -0.2) is 55.7 Å². The summed E-state index contributed by atoms with van der Waals surface area (Å²) in [6.45, 7) is 8.24. The Kier molecular flexibility index (Phi) is 7.05. The summed E-state index contributed by atoms with van der Waals surface area (Å²) in [6.07, 6.45) is 2.05. The Morgan fingerprint density at radius 2 is 1.71 bits per heavy atom. The number of hydrogen-bond acceptors (Lipinski definition) is 5. The fourth-order valence-electron chi connectivity index (χ4n) is 3.05. The van der Waals surface area contributed by atoms with Gasteiger partial charge < -0.3 is 19.7 Å². The van der Waals surface area contributed by atoms with Gasteiger partial charge in [-0.1, -0.05) is 27.7 Å². The van der Waals surface area contributed by atoms with Crippen molar-refractivity contribution in [1.82, 2.24) is 10.2 Å². The first-order valence-corrected chi connectivity index (χ1v) is 8.56. The van der Waals surface area contributed by atoms with Crippen LogP contribution in [0, 0.1) is 11.3 Å². The summed E-state index contributed by atoms with van der Waals surface area (Å²) in [5.74, 6) is -0.752. The second-order valence-electron chi connectivity index (χ2n) is 6.57. The van der Waals surface area contributed by atoms with E-state index in [1.54, 1.807) is 4.90 Å². The Balaban J connectivity index is 0.00000139. The average molecular weight is 342 g/mol. The van der Waals surface area contributed by atoms with Gasteiger partial charge in [-0.25, -0.2) is 9.59 Å². The maximum atomic E-state index is 12.8. The van der Waals surface area contributed by atoms with Gasteiger partial charge in [-0.2, -0.15) is 0 Å². The number of rotatable bonds is 4. The Morgan fingerprint density at radius 1 is 1.12 bits per heavy atom. The fourth-order valence-corrected chi connectivity index (χ4v) is 3.05. The molecule has 2 aliphatic rings. The van der Waals surface area contributed by atoms with Gasteiger partial charge >= 0.3 is 12.1 Å². The molecule has 1 saturated heterocycles. The predicted molar refractivity (Wildman–Crippen MR) is 89.3 cm³/mol. The zero-order valence-corrected chi connectivity index (χ0v) is 15.5. The summed E-state index contributed by atoms with van der Waals surface area (Å²) in [5.41, 5.74) is 0.0707. The van der Waals surface area contributed by atoms with Crippen LogP contribution < -0.4 is 5.32 Å². The third kappa shape index (κ3) is 4.39. The van der Waals surface area contributed by atoms with Crippen molar-refractivity contribution in [2.75, 3.05) is 20.8 Å². The molecule has 2 amide bonds. The van der Waals surface area contributed by atoms with Crippen LogP contribution in [0.4, 0.5) is 4.79 Å². The van der Waals surface area contributed by atoms with Crippen molar-refractivity contribution in [3.05, 3.63) is 0 Å². The fraction of sp³-hybridized carbons (Fsp3) is 0.824. The van der Waals surface area contributed by atoms with Crippen LogP contribution in [0.25, 0.3) is 0 Å². The van der Waals surface area contributed by atoms with Gasteiger partial charge in [-0.3, -0.25) is 4.79 Å². The van der Waals surface area contributed by atoms with E-state index in [-0.39, 0.29) is 17.2 Å². The highest BCUT2D eigenvalue weighted by molar-refractivity contribution is 5.90. The highest BCUT2D eigenvalue weighted by Crippen LogP contribution is 2.55. The third-order valence-electron chi connectivity index (χ3n) is 4.61. The molecule has 1 aliphatic heterocycles. The van der Waals surface area contributed by atoms with E-state index in [4.69, 9.17) is 4.74 Å². The van der Waals surface area contributed by atoms with Crippen LogP contribution in [0.3, 0.4) is 0 Å². The number of hydrogen-bond donors (Lipinski definition) is 1. The van der Waals surface area contributed by atoms with Crippen molar-refractivity contribution in [3.8, 4) is 0 Å². The lowest BCUT2D eigenvalue weighted by Gasteiger charge is -2.29. The summed E-state index contributed by atoms with van der Waals surface area (Å²) in [7, 11) is 2.58. The molecule has 7 heteroatoms.